The number of H-pyrrole nitrogens is 1. The van der Waals surface area contributed by atoms with Crippen LogP contribution in [-0.4, -0.2) is 33.3 Å². The van der Waals surface area contributed by atoms with Crippen LogP contribution < -0.4 is 4.90 Å². The van der Waals surface area contributed by atoms with Crippen LogP contribution in [0.15, 0.2) is 41.2 Å². The molecule has 6 heteroatoms. The Labute approximate surface area is 158 Å². The molecule has 1 saturated carbocycles. The van der Waals surface area contributed by atoms with Gasteiger partial charge in [-0.3, -0.25) is 9.89 Å². The molecule has 1 fully saturated rings. The SMILES string of the molecule is CC(Sc1n[nH]c(C2CC2)n1)C(=O)/C=C1\N(C)c2ccccc2C1(C)C. The van der Waals surface area contributed by atoms with Gasteiger partial charge in [-0.2, -0.15) is 0 Å². The number of ketones is 1. The summed E-state index contributed by atoms with van der Waals surface area (Å²) in [4.78, 5) is 19.5. The lowest BCUT2D eigenvalue weighted by atomic mass is 9.83. The number of nitrogens with zero attached hydrogens (tertiary/aromatic N) is 3. The number of carbonyl (C=O) groups is 1. The van der Waals surface area contributed by atoms with E-state index in [0.717, 1.165) is 11.5 Å². The standard InChI is InChI=1S/C20H24N4OS/c1-12(26-19-21-18(22-23-19)13-9-10-13)16(25)11-17-20(2,3)14-7-5-6-8-15(14)24(17)4/h5-8,11-13H,9-10H2,1-4H3,(H,21,22,23)/b17-11-. The largest absolute Gasteiger partial charge is 0.347 e. The van der Waals surface area contributed by atoms with Crippen LogP contribution in [0.4, 0.5) is 5.69 Å². The van der Waals surface area contributed by atoms with Crippen LogP contribution in [-0.2, 0) is 10.2 Å². The van der Waals surface area contributed by atoms with Gasteiger partial charge >= 0.3 is 0 Å². The number of fused-ring (bicyclic) bond motifs is 1. The molecule has 1 aromatic carbocycles. The van der Waals surface area contributed by atoms with Crippen molar-refractivity contribution in [3.63, 3.8) is 0 Å². The highest BCUT2D eigenvalue weighted by Gasteiger charge is 2.38. The summed E-state index contributed by atoms with van der Waals surface area (Å²) in [6.45, 7) is 6.26. The second-order valence-corrected chi connectivity index (χ2v) is 8.98. The second kappa shape index (κ2) is 6.27. The first-order chi connectivity index (χ1) is 12.4. The third-order valence-electron chi connectivity index (χ3n) is 5.35. The van der Waals surface area contributed by atoms with Crippen LogP contribution in [0.2, 0.25) is 0 Å². The lowest BCUT2D eigenvalue weighted by Gasteiger charge is -2.24. The molecule has 26 heavy (non-hydrogen) atoms. The summed E-state index contributed by atoms with van der Waals surface area (Å²) in [5, 5.41) is 7.69. The molecule has 2 aliphatic rings. The minimum atomic E-state index is -0.224. The number of hydrogen-bond acceptors (Lipinski definition) is 5. The van der Waals surface area contributed by atoms with Crippen molar-refractivity contribution in [2.75, 3.05) is 11.9 Å². The molecule has 0 spiro atoms. The Balaban J connectivity index is 1.52. The van der Waals surface area contributed by atoms with Gasteiger partial charge in [0.1, 0.15) is 5.82 Å². The van der Waals surface area contributed by atoms with Crippen LogP contribution in [0, 0.1) is 0 Å². The van der Waals surface area contributed by atoms with Crippen molar-refractivity contribution in [3.8, 4) is 0 Å². The van der Waals surface area contributed by atoms with E-state index in [1.165, 1.54) is 35.9 Å². The quantitative estimate of drug-likeness (QED) is 0.637. The van der Waals surface area contributed by atoms with Crippen molar-refractivity contribution in [2.45, 2.75) is 55.4 Å². The summed E-state index contributed by atoms with van der Waals surface area (Å²) in [5.41, 5.74) is 3.27. The van der Waals surface area contributed by atoms with Gasteiger partial charge in [0.2, 0.25) is 5.16 Å². The summed E-state index contributed by atoms with van der Waals surface area (Å²) >= 11 is 1.42. The van der Waals surface area contributed by atoms with E-state index >= 15 is 0 Å². The number of allylic oxidation sites excluding steroid dienone is 2. The second-order valence-electron chi connectivity index (χ2n) is 7.67. The minimum absolute atomic E-state index is 0.0931. The third kappa shape index (κ3) is 2.96. The van der Waals surface area contributed by atoms with Gasteiger partial charge in [-0.1, -0.05) is 43.8 Å². The molecule has 1 unspecified atom stereocenters. The zero-order valence-electron chi connectivity index (χ0n) is 15.6. The van der Waals surface area contributed by atoms with E-state index in [2.05, 4.69) is 52.1 Å². The maximum Gasteiger partial charge on any atom is 0.209 e. The molecule has 2 heterocycles. The summed E-state index contributed by atoms with van der Waals surface area (Å²) in [6.07, 6.45) is 4.16. The molecule has 2 aromatic rings. The fourth-order valence-corrected chi connectivity index (χ4v) is 4.33. The molecule has 1 aromatic heterocycles. The van der Waals surface area contributed by atoms with Crippen LogP contribution in [0.3, 0.4) is 0 Å². The molecule has 1 atom stereocenters. The lowest BCUT2D eigenvalue weighted by Crippen LogP contribution is -2.25. The molecule has 4 rings (SSSR count). The van der Waals surface area contributed by atoms with Gasteiger partial charge in [0.15, 0.2) is 5.78 Å². The van der Waals surface area contributed by atoms with Gasteiger partial charge in [0.05, 0.1) is 5.25 Å². The third-order valence-corrected chi connectivity index (χ3v) is 6.33. The first-order valence-corrected chi connectivity index (χ1v) is 9.94. The molecule has 0 radical (unpaired) electrons. The molecule has 0 bridgehead atoms. The van der Waals surface area contributed by atoms with Crippen molar-refractivity contribution in [3.05, 3.63) is 47.4 Å². The minimum Gasteiger partial charge on any atom is -0.347 e. The number of anilines is 1. The smallest absolute Gasteiger partial charge is 0.209 e. The predicted octanol–water partition coefficient (Wildman–Crippen LogP) is 4.04. The number of carbonyl (C=O) groups excluding carboxylic acids is 1. The van der Waals surface area contributed by atoms with Crippen molar-refractivity contribution in [1.82, 2.24) is 15.2 Å². The molecular formula is C20H24N4OS. The zero-order chi connectivity index (χ0) is 18.5. The topological polar surface area (TPSA) is 61.9 Å². The molecule has 0 amide bonds. The molecule has 1 aliphatic carbocycles. The van der Waals surface area contributed by atoms with Crippen molar-refractivity contribution in [2.24, 2.45) is 0 Å². The highest BCUT2D eigenvalue weighted by atomic mass is 32.2. The summed E-state index contributed by atoms with van der Waals surface area (Å²) in [7, 11) is 2.03. The average molecular weight is 369 g/mol. The highest BCUT2D eigenvalue weighted by Crippen LogP contribution is 2.46. The van der Waals surface area contributed by atoms with E-state index in [4.69, 9.17) is 0 Å². The maximum absolute atomic E-state index is 12.9. The molecule has 1 N–H and O–H groups in total. The number of nitrogens with one attached hydrogen (secondary N) is 1. The Kier molecular flexibility index (Phi) is 4.18. The number of aromatic nitrogens is 3. The molecule has 1 aliphatic heterocycles. The van der Waals surface area contributed by atoms with E-state index < -0.39 is 0 Å². The summed E-state index contributed by atoms with van der Waals surface area (Å²) in [6, 6.07) is 8.34. The average Bonchev–Trinajstić information content (AvgIpc) is 3.34. The van der Waals surface area contributed by atoms with E-state index in [1.54, 1.807) is 6.08 Å². The van der Waals surface area contributed by atoms with Gasteiger partial charge in [-0.25, -0.2) is 4.98 Å². The van der Waals surface area contributed by atoms with E-state index in [0.29, 0.717) is 11.1 Å². The van der Waals surface area contributed by atoms with E-state index in [9.17, 15) is 4.79 Å². The Hall–Kier alpha value is -2.08. The fourth-order valence-electron chi connectivity index (χ4n) is 3.58. The van der Waals surface area contributed by atoms with E-state index in [1.807, 2.05) is 20.0 Å². The number of benzene rings is 1. The number of aromatic amines is 1. The van der Waals surface area contributed by atoms with Crippen LogP contribution in [0.1, 0.15) is 50.9 Å². The van der Waals surface area contributed by atoms with Crippen LogP contribution >= 0.6 is 11.8 Å². The van der Waals surface area contributed by atoms with Gasteiger partial charge in [0, 0.05) is 35.8 Å². The molecule has 0 saturated heterocycles. The monoisotopic (exact) mass is 368 g/mol. The fraction of sp³-hybridized carbons (Fsp3) is 0.450. The first kappa shape index (κ1) is 17.3. The van der Waals surface area contributed by atoms with Gasteiger partial charge in [-0.05, 0) is 31.4 Å². The number of likely N-dealkylation sites (N-methyl/N-ethyl adjacent to an activating group) is 1. The van der Waals surface area contributed by atoms with Crippen LogP contribution in [0.5, 0.6) is 0 Å². The Morgan fingerprint density at radius 3 is 2.81 bits per heavy atom. The zero-order valence-corrected chi connectivity index (χ0v) is 16.4. The van der Waals surface area contributed by atoms with Gasteiger partial charge in [-0.15, -0.1) is 5.10 Å². The number of para-hydroxylation sites is 1. The Morgan fingerprint density at radius 2 is 2.12 bits per heavy atom. The lowest BCUT2D eigenvalue weighted by molar-refractivity contribution is -0.114. The molecule has 136 valence electrons. The Morgan fingerprint density at radius 1 is 1.38 bits per heavy atom. The normalized spacial score (nSPS) is 21.1. The number of thioether (sulfide) groups is 1. The Bertz CT molecular complexity index is 881. The van der Waals surface area contributed by atoms with Gasteiger partial charge < -0.3 is 4.90 Å². The van der Waals surface area contributed by atoms with Gasteiger partial charge in [0.25, 0.3) is 0 Å². The maximum atomic E-state index is 12.9. The predicted molar refractivity (Wildman–Crippen MR) is 105 cm³/mol. The number of hydrogen-bond donors (Lipinski definition) is 1. The van der Waals surface area contributed by atoms with Crippen molar-refractivity contribution in [1.29, 1.82) is 0 Å². The molecular weight excluding hydrogens is 344 g/mol. The number of rotatable bonds is 5. The first-order valence-electron chi connectivity index (χ1n) is 9.06. The van der Waals surface area contributed by atoms with Crippen LogP contribution in [0.25, 0.3) is 0 Å². The molecule has 5 nitrogen and oxygen atoms in total. The van der Waals surface area contributed by atoms with E-state index in [-0.39, 0.29) is 16.4 Å². The van der Waals surface area contributed by atoms with Crippen molar-refractivity contribution < 1.29 is 4.79 Å². The van der Waals surface area contributed by atoms with Crippen molar-refractivity contribution >= 4 is 23.2 Å². The summed E-state index contributed by atoms with van der Waals surface area (Å²) in [5.74, 6) is 1.59. The highest BCUT2D eigenvalue weighted by molar-refractivity contribution is 8.00. The summed E-state index contributed by atoms with van der Waals surface area (Å²) < 4.78 is 0.